The highest BCUT2D eigenvalue weighted by Crippen LogP contribution is 2.07. The molecule has 0 aliphatic carbocycles. The zero-order valence-corrected chi connectivity index (χ0v) is 10.9. The summed E-state index contributed by atoms with van der Waals surface area (Å²) < 4.78 is 0. The monoisotopic (exact) mass is 242 g/mol. The van der Waals surface area contributed by atoms with Crippen molar-refractivity contribution in [1.29, 1.82) is 0 Å². The van der Waals surface area contributed by atoms with Crippen molar-refractivity contribution in [3.05, 3.63) is 22.4 Å². The topological polar surface area (TPSA) is 24.1 Å². The van der Waals surface area contributed by atoms with E-state index in [4.69, 9.17) is 12.2 Å². The Morgan fingerprint density at radius 1 is 1.47 bits per heavy atom. The van der Waals surface area contributed by atoms with Gasteiger partial charge in [0, 0.05) is 18.0 Å². The molecule has 0 saturated heterocycles. The fourth-order valence-corrected chi connectivity index (χ4v) is 2.01. The van der Waals surface area contributed by atoms with Crippen molar-refractivity contribution >= 4 is 28.7 Å². The molecule has 0 atom stereocenters. The fourth-order valence-electron chi connectivity index (χ4n) is 1.11. The van der Waals surface area contributed by atoms with E-state index in [0.717, 1.165) is 24.6 Å². The van der Waals surface area contributed by atoms with E-state index in [1.165, 1.54) is 4.88 Å². The number of thiocarbonyl (C=S) groups is 1. The molecule has 2 N–H and O–H groups in total. The highest BCUT2D eigenvalue weighted by Gasteiger charge is 1.98. The van der Waals surface area contributed by atoms with E-state index >= 15 is 0 Å². The first-order chi connectivity index (χ1) is 7.18. The molecule has 0 radical (unpaired) electrons. The summed E-state index contributed by atoms with van der Waals surface area (Å²) in [5.74, 6) is 0.627. The van der Waals surface area contributed by atoms with E-state index in [-0.39, 0.29) is 0 Å². The summed E-state index contributed by atoms with van der Waals surface area (Å²) in [5, 5.41) is 9.26. The average Bonchev–Trinajstić information content (AvgIpc) is 2.67. The van der Waals surface area contributed by atoms with Crippen LogP contribution in [0.2, 0.25) is 0 Å². The van der Waals surface area contributed by atoms with Crippen molar-refractivity contribution in [3.63, 3.8) is 0 Å². The maximum atomic E-state index is 5.15. The van der Waals surface area contributed by atoms with E-state index in [0.29, 0.717) is 5.92 Å². The molecule has 0 bridgehead atoms. The molecule has 0 aromatic carbocycles. The summed E-state index contributed by atoms with van der Waals surface area (Å²) in [7, 11) is 0. The van der Waals surface area contributed by atoms with Gasteiger partial charge in [0.2, 0.25) is 0 Å². The summed E-state index contributed by atoms with van der Waals surface area (Å²) in [6.45, 7) is 6.18. The van der Waals surface area contributed by atoms with Crippen molar-refractivity contribution in [2.75, 3.05) is 13.1 Å². The Labute approximate surface area is 101 Å². The van der Waals surface area contributed by atoms with Gasteiger partial charge in [-0.2, -0.15) is 0 Å². The van der Waals surface area contributed by atoms with E-state index in [1.54, 1.807) is 11.3 Å². The van der Waals surface area contributed by atoms with E-state index < -0.39 is 0 Å². The Hall–Kier alpha value is -0.610. The SMILES string of the molecule is CC(C)CNC(=S)NCCc1cccs1. The maximum Gasteiger partial charge on any atom is 0.166 e. The zero-order chi connectivity index (χ0) is 11.1. The van der Waals surface area contributed by atoms with E-state index in [1.807, 2.05) is 0 Å². The van der Waals surface area contributed by atoms with Crippen LogP contribution < -0.4 is 10.6 Å². The first-order valence-electron chi connectivity index (χ1n) is 5.22. The molecular formula is C11H18N2S2. The van der Waals surface area contributed by atoms with Gasteiger partial charge in [0.25, 0.3) is 0 Å². The van der Waals surface area contributed by atoms with Gasteiger partial charge in [-0.3, -0.25) is 0 Å². The van der Waals surface area contributed by atoms with Crippen molar-refractivity contribution in [2.24, 2.45) is 5.92 Å². The Morgan fingerprint density at radius 3 is 2.87 bits per heavy atom. The van der Waals surface area contributed by atoms with E-state index in [9.17, 15) is 0 Å². The Kier molecular flexibility index (Phi) is 5.65. The van der Waals surface area contributed by atoms with Crippen LogP contribution in [0.1, 0.15) is 18.7 Å². The molecule has 0 spiro atoms. The minimum atomic E-state index is 0.627. The van der Waals surface area contributed by atoms with Crippen LogP contribution in [0.15, 0.2) is 17.5 Å². The molecule has 0 aliphatic heterocycles. The van der Waals surface area contributed by atoms with Gasteiger partial charge in [-0.1, -0.05) is 19.9 Å². The lowest BCUT2D eigenvalue weighted by Gasteiger charge is -2.11. The van der Waals surface area contributed by atoms with Crippen LogP contribution in [0.25, 0.3) is 0 Å². The summed E-state index contributed by atoms with van der Waals surface area (Å²) in [4.78, 5) is 1.40. The van der Waals surface area contributed by atoms with Gasteiger partial charge in [-0.05, 0) is 36.0 Å². The van der Waals surface area contributed by atoms with Gasteiger partial charge in [0.1, 0.15) is 0 Å². The lowest BCUT2D eigenvalue weighted by atomic mass is 10.2. The van der Waals surface area contributed by atoms with Crippen LogP contribution in [0.4, 0.5) is 0 Å². The smallest absolute Gasteiger partial charge is 0.166 e. The first-order valence-corrected chi connectivity index (χ1v) is 6.51. The van der Waals surface area contributed by atoms with Gasteiger partial charge in [0.15, 0.2) is 5.11 Å². The third kappa shape index (κ3) is 5.74. The molecule has 1 aromatic heterocycles. The lowest BCUT2D eigenvalue weighted by Crippen LogP contribution is -2.38. The number of rotatable bonds is 5. The fraction of sp³-hybridized carbons (Fsp3) is 0.545. The molecule has 84 valence electrons. The van der Waals surface area contributed by atoms with Crippen molar-refractivity contribution in [2.45, 2.75) is 20.3 Å². The standard InChI is InChI=1S/C11H18N2S2/c1-9(2)8-13-11(14)12-6-5-10-4-3-7-15-10/h3-4,7,9H,5-6,8H2,1-2H3,(H2,12,13,14). The molecule has 2 nitrogen and oxygen atoms in total. The van der Waals surface area contributed by atoms with Crippen molar-refractivity contribution in [3.8, 4) is 0 Å². The molecule has 4 heteroatoms. The molecule has 0 saturated carbocycles. The minimum Gasteiger partial charge on any atom is -0.362 e. The maximum absolute atomic E-state index is 5.15. The largest absolute Gasteiger partial charge is 0.362 e. The average molecular weight is 242 g/mol. The highest BCUT2D eigenvalue weighted by atomic mass is 32.1. The van der Waals surface area contributed by atoms with Crippen molar-refractivity contribution in [1.82, 2.24) is 10.6 Å². The van der Waals surface area contributed by atoms with Crippen LogP contribution in [-0.2, 0) is 6.42 Å². The summed E-state index contributed by atoms with van der Waals surface area (Å²) >= 11 is 6.94. The normalized spacial score (nSPS) is 10.3. The Balaban J connectivity index is 2.07. The Morgan fingerprint density at radius 2 is 2.27 bits per heavy atom. The van der Waals surface area contributed by atoms with Gasteiger partial charge >= 0.3 is 0 Å². The summed E-state index contributed by atoms with van der Waals surface area (Å²) in [6, 6.07) is 4.23. The first kappa shape index (κ1) is 12.5. The van der Waals surface area contributed by atoms with Crippen LogP contribution in [0.3, 0.4) is 0 Å². The lowest BCUT2D eigenvalue weighted by molar-refractivity contribution is 0.619. The number of nitrogens with one attached hydrogen (secondary N) is 2. The summed E-state index contributed by atoms with van der Waals surface area (Å²) in [5.41, 5.74) is 0. The molecule has 1 rings (SSSR count). The molecule has 1 aromatic rings. The highest BCUT2D eigenvalue weighted by molar-refractivity contribution is 7.80. The van der Waals surface area contributed by atoms with Gasteiger partial charge in [-0.15, -0.1) is 11.3 Å². The predicted octanol–water partition coefficient (Wildman–Crippen LogP) is 2.41. The minimum absolute atomic E-state index is 0.627. The molecular weight excluding hydrogens is 224 g/mol. The molecule has 0 aliphatic rings. The quantitative estimate of drug-likeness (QED) is 0.775. The van der Waals surface area contributed by atoms with Crippen molar-refractivity contribution < 1.29 is 0 Å². The molecule has 15 heavy (non-hydrogen) atoms. The zero-order valence-electron chi connectivity index (χ0n) is 9.25. The van der Waals surface area contributed by atoms with Gasteiger partial charge in [-0.25, -0.2) is 0 Å². The third-order valence-electron chi connectivity index (χ3n) is 1.91. The molecule has 1 heterocycles. The second-order valence-corrected chi connectivity index (χ2v) is 5.30. The third-order valence-corrected chi connectivity index (χ3v) is 3.13. The van der Waals surface area contributed by atoms with Crippen LogP contribution >= 0.6 is 23.6 Å². The van der Waals surface area contributed by atoms with Gasteiger partial charge in [0.05, 0.1) is 0 Å². The number of hydrogen-bond donors (Lipinski definition) is 2. The van der Waals surface area contributed by atoms with Crippen LogP contribution in [-0.4, -0.2) is 18.2 Å². The Bertz CT molecular complexity index is 281. The number of hydrogen-bond acceptors (Lipinski definition) is 2. The molecule has 0 amide bonds. The van der Waals surface area contributed by atoms with Crippen LogP contribution in [0, 0.1) is 5.92 Å². The summed E-state index contributed by atoms with van der Waals surface area (Å²) in [6.07, 6.45) is 1.04. The second kappa shape index (κ2) is 6.80. The molecule has 0 fully saturated rings. The number of thiophene rings is 1. The second-order valence-electron chi connectivity index (χ2n) is 3.86. The van der Waals surface area contributed by atoms with Crippen LogP contribution in [0.5, 0.6) is 0 Å². The predicted molar refractivity (Wildman–Crippen MR) is 71.5 cm³/mol. The van der Waals surface area contributed by atoms with Gasteiger partial charge < -0.3 is 10.6 Å². The van der Waals surface area contributed by atoms with E-state index in [2.05, 4.69) is 42.0 Å². The molecule has 0 unspecified atom stereocenters.